The van der Waals surface area contributed by atoms with E-state index in [1.54, 1.807) is 0 Å². The average molecular weight is 501 g/mol. The Labute approximate surface area is 171 Å². The molecule has 1 N–H and O–H groups in total. The molecule has 1 aromatic carbocycles. The third-order valence-corrected chi connectivity index (χ3v) is 8.93. The van der Waals surface area contributed by atoms with Crippen molar-refractivity contribution in [2.75, 3.05) is 11.9 Å². The molecule has 4 rings (SSSR count). The average Bonchev–Trinajstić information content (AvgIpc) is 3.22. The Morgan fingerprint density at radius 2 is 1.78 bits per heavy atom. The lowest BCUT2D eigenvalue weighted by atomic mass is 9.81. The summed E-state index contributed by atoms with van der Waals surface area (Å²) in [5.41, 5.74) is 0.0913. The Hall–Kier alpha value is -1.81. The van der Waals surface area contributed by atoms with Crippen LogP contribution in [-0.2, 0) is 14.4 Å². The summed E-state index contributed by atoms with van der Waals surface area (Å²) >= 11 is 7.23. The topological polar surface area (TPSA) is 110 Å². The Morgan fingerprint density at radius 1 is 1.19 bits per heavy atom. The molecule has 8 nitrogen and oxygen atoms in total. The minimum Gasteiger partial charge on any atom is -0.324 e. The van der Waals surface area contributed by atoms with Gasteiger partial charge in [0, 0.05) is 27.5 Å². The fraction of sp³-hybridized carbons (Fsp3) is 0.471. The second-order valence-corrected chi connectivity index (χ2v) is 9.24. The molecule has 3 fully saturated rings. The molecule has 1 saturated heterocycles. The maximum atomic E-state index is 12.8. The highest BCUT2D eigenvalue weighted by atomic mass is 79.9. The van der Waals surface area contributed by atoms with Gasteiger partial charge >= 0.3 is 0 Å². The van der Waals surface area contributed by atoms with E-state index in [4.69, 9.17) is 0 Å². The zero-order valence-electron chi connectivity index (χ0n) is 13.9. The van der Waals surface area contributed by atoms with Gasteiger partial charge in [-0.25, -0.2) is 0 Å². The van der Waals surface area contributed by atoms with Crippen LogP contribution in [-0.4, -0.2) is 43.7 Å². The van der Waals surface area contributed by atoms with Gasteiger partial charge in [-0.1, -0.05) is 37.9 Å². The number of likely N-dealkylation sites (tertiary alicyclic amines) is 1. The normalized spacial score (nSPS) is 34.1. The number of carbonyl (C=O) groups excluding carboxylic acids is 3. The molecule has 1 heterocycles. The quantitative estimate of drug-likeness (QED) is 0.295. The van der Waals surface area contributed by atoms with Crippen molar-refractivity contribution in [3.63, 3.8) is 0 Å². The molecular weight excluding hydrogens is 486 g/mol. The summed E-state index contributed by atoms with van der Waals surface area (Å²) in [5, 5.41) is 13.3. The zero-order chi connectivity index (χ0) is 19.5. The molecule has 1 aliphatic heterocycles. The number of nitro benzene ring substituents is 1. The van der Waals surface area contributed by atoms with Crippen LogP contribution in [0.4, 0.5) is 11.4 Å². The Morgan fingerprint density at radius 3 is 2.33 bits per heavy atom. The summed E-state index contributed by atoms with van der Waals surface area (Å²) < 4.78 is 0. The van der Waals surface area contributed by atoms with E-state index in [1.807, 2.05) is 0 Å². The first-order valence-corrected chi connectivity index (χ1v) is 10.3. The van der Waals surface area contributed by atoms with Gasteiger partial charge in [-0.2, -0.15) is 0 Å². The van der Waals surface area contributed by atoms with Gasteiger partial charge in [0.15, 0.2) is 0 Å². The molecule has 0 radical (unpaired) electrons. The monoisotopic (exact) mass is 499 g/mol. The van der Waals surface area contributed by atoms with Crippen LogP contribution in [0.1, 0.15) is 6.42 Å². The number of rotatable bonds is 4. The number of imide groups is 1. The zero-order valence-corrected chi connectivity index (χ0v) is 17.1. The highest BCUT2D eigenvalue weighted by molar-refractivity contribution is 9.12. The van der Waals surface area contributed by atoms with Crippen molar-refractivity contribution in [3.05, 3.63) is 34.4 Å². The molecular formula is C17H15Br2N3O5. The number of carbonyl (C=O) groups is 3. The summed E-state index contributed by atoms with van der Waals surface area (Å²) in [5.74, 6) is -1.71. The van der Waals surface area contributed by atoms with Crippen molar-refractivity contribution in [1.29, 1.82) is 0 Å². The molecule has 1 aromatic rings. The van der Waals surface area contributed by atoms with Gasteiger partial charge in [0.2, 0.25) is 17.7 Å². The van der Waals surface area contributed by atoms with Crippen molar-refractivity contribution in [3.8, 4) is 0 Å². The van der Waals surface area contributed by atoms with E-state index in [9.17, 15) is 24.5 Å². The van der Waals surface area contributed by atoms with Gasteiger partial charge in [-0.05, 0) is 24.3 Å². The number of non-ortho nitro benzene ring substituents is 1. The number of hydrogen-bond acceptors (Lipinski definition) is 5. The van der Waals surface area contributed by atoms with Gasteiger partial charge in [0.25, 0.3) is 5.69 Å². The van der Waals surface area contributed by atoms with Crippen LogP contribution in [0.5, 0.6) is 0 Å². The van der Waals surface area contributed by atoms with Crippen molar-refractivity contribution in [2.24, 2.45) is 23.7 Å². The van der Waals surface area contributed by atoms with E-state index in [1.165, 1.54) is 24.3 Å². The Bertz CT molecular complexity index is 831. The number of benzene rings is 1. The van der Waals surface area contributed by atoms with E-state index in [0.717, 1.165) is 11.3 Å². The first kappa shape index (κ1) is 18.5. The molecule has 3 aliphatic rings. The molecule has 3 amide bonds. The number of nitrogens with one attached hydrogen (secondary N) is 1. The molecule has 0 unspecified atom stereocenters. The van der Waals surface area contributed by atoms with Crippen molar-refractivity contribution in [1.82, 2.24) is 4.90 Å². The summed E-state index contributed by atoms with van der Waals surface area (Å²) in [7, 11) is 0. The first-order chi connectivity index (χ1) is 12.8. The van der Waals surface area contributed by atoms with E-state index < -0.39 is 10.8 Å². The summed E-state index contributed by atoms with van der Waals surface area (Å²) in [4.78, 5) is 49.4. The number of fused-ring (bicyclic) bond motifs is 5. The lowest BCUT2D eigenvalue weighted by molar-refractivity contribution is -0.384. The number of amides is 3. The molecule has 2 bridgehead atoms. The van der Waals surface area contributed by atoms with Gasteiger partial charge in [-0.3, -0.25) is 29.4 Å². The van der Waals surface area contributed by atoms with Crippen LogP contribution >= 0.6 is 31.9 Å². The van der Waals surface area contributed by atoms with Crippen molar-refractivity contribution >= 4 is 61.0 Å². The van der Waals surface area contributed by atoms with Gasteiger partial charge in [0.1, 0.15) is 6.54 Å². The fourth-order valence-electron chi connectivity index (χ4n) is 4.61. The van der Waals surface area contributed by atoms with E-state index >= 15 is 0 Å². The SMILES string of the molecule is O=C(CN1C(=O)[C@@H]2[C@H]3C[C@@H]([C@H](Br)[C@H]3Br)[C@H]2C1=O)Nc1cccc([N+](=O)[O-])c1. The highest BCUT2D eigenvalue weighted by Crippen LogP contribution is 2.60. The maximum Gasteiger partial charge on any atom is 0.271 e. The Balaban J connectivity index is 1.47. The largest absolute Gasteiger partial charge is 0.324 e. The second kappa shape index (κ2) is 6.66. The second-order valence-electron chi connectivity index (χ2n) is 7.12. The fourth-order valence-corrected chi connectivity index (χ4v) is 6.48. The highest BCUT2D eigenvalue weighted by Gasteiger charge is 2.66. The molecule has 10 heteroatoms. The predicted molar refractivity (Wildman–Crippen MR) is 102 cm³/mol. The van der Waals surface area contributed by atoms with E-state index in [0.29, 0.717) is 0 Å². The van der Waals surface area contributed by atoms with Gasteiger partial charge < -0.3 is 5.32 Å². The van der Waals surface area contributed by atoms with Crippen LogP contribution < -0.4 is 5.32 Å². The number of hydrogen-bond donors (Lipinski definition) is 1. The van der Waals surface area contributed by atoms with Gasteiger partial charge in [-0.15, -0.1) is 0 Å². The lowest BCUT2D eigenvalue weighted by Crippen LogP contribution is -2.39. The number of anilines is 1. The van der Waals surface area contributed by atoms with Crippen LogP contribution in [0.2, 0.25) is 0 Å². The number of alkyl halides is 2. The standard InChI is InChI=1S/C17H15Br2N3O5/c18-14-9-5-10(15(14)19)13-12(9)16(24)21(17(13)25)6-11(23)20-7-2-1-3-8(4-7)22(26)27/h1-4,9-10,12-15H,5-6H2,(H,20,23)/t9-,10-,12-,13-,14+,15+/m1/s1. The number of nitrogens with zero attached hydrogens (tertiary/aromatic N) is 2. The maximum absolute atomic E-state index is 12.8. The van der Waals surface area contributed by atoms with Crippen LogP contribution in [0, 0.1) is 33.8 Å². The molecule has 2 saturated carbocycles. The minimum absolute atomic E-state index is 0.0886. The summed E-state index contributed by atoms with van der Waals surface area (Å²) in [6, 6.07) is 5.51. The third kappa shape index (κ3) is 2.89. The van der Waals surface area contributed by atoms with Crippen LogP contribution in [0.25, 0.3) is 0 Å². The molecule has 2 aliphatic carbocycles. The predicted octanol–water partition coefficient (Wildman–Crippen LogP) is 2.31. The van der Waals surface area contributed by atoms with Crippen molar-refractivity contribution in [2.45, 2.75) is 16.1 Å². The van der Waals surface area contributed by atoms with E-state index in [2.05, 4.69) is 37.2 Å². The summed E-state index contributed by atoms with van der Waals surface area (Å²) in [6.07, 6.45) is 0.826. The molecule has 0 aromatic heterocycles. The molecule has 142 valence electrons. The van der Waals surface area contributed by atoms with Gasteiger partial charge in [0.05, 0.1) is 16.8 Å². The summed E-state index contributed by atoms with van der Waals surface area (Å²) in [6.45, 7) is -0.382. The molecule has 0 spiro atoms. The molecule has 6 atom stereocenters. The minimum atomic E-state index is -0.562. The van der Waals surface area contributed by atoms with Crippen molar-refractivity contribution < 1.29 is 19.3 Å². The molecule has 27 heavy (non-hydrogen) atoms. The van der Waals surface area contributed by atoms with Crippen LogP contribution in [0.15, 0.2) is 24.3 Å². The smallest absolute Gasteiger partial charge is 0.271 e. The third-order valence-electron chi connectivity index (χ3n) is 5.72. The lowest BCUT2D eigenvalue weighted by Gasteiger charge is -2.28. The number of nitro groups is 1. The van der Waals surface area contributed by atoms with Crippen LogP contribution in [0.3, 0.4) is 0 Å². The number of halogens is 2. The van der Waals surface area contributed by atoms with E-state index in [-0.39, 0.29) is 63.1 Å². The first-order valence-electron chi connectivity index (χ1n) is 8.47. The Kier molecular flexibility index (Phi) is 4.58.